The van der Waals surface area contributed by atoms with Crippen molar-refractivity contribution < 1.29 is 19.4 Å². The molecule has 1 unspecified atom stereocenters. The van der Waals surface area contributed by atoms with Crippen molar-refractivity contribution >= 4 is 5.97 Å². The van der Waals surface area contributed by atoms with Crippen molar-refractivity contribution in [3.05, 3.63) is 48.6 Å². The maximum absolute atomic E-state index is 12.3. The highest BCUT2D eigenvalue weighted by Crippen LogP contribution is 2.16. The molecule has 61 heavy (non-hydrogen) atoms. The normalized spacial score (nSPS) is 12.6. The van der Waals surface area contributed by atoms with E-state index in [1.807, 2.05) is 0 Å². The van der Waals surface area contributed by atoms with Crippen LogP contribution in [-0.2, 0) is 14.3 Å². The van der Waals surface area contributed by atoms with Crippen LogP contribution in [0.2, 0.25) is 0 Å². The number of hydrogen-bond donors (Lipinski definition) is 1. The average Bonchev–Trinajstić information content (AvgIpc) is 3.27. The molecule has 1 N–H and O–H groups in total. The van der Waals surface area contributed by atoms with E-state index >= 15 is 0 Å². The number of aliphatic hydroxyl groups is 1. The summed E-state index contributed by atoms with van der Waals surface area (Å²) in [5.74, 6) is -0.199. The Morgan fingerprint density at radius 1 is 0.393 bits per heavy atom. The van der Waals surface area contributed by atoms with Crippen molar-refractivity contribution in [2.24, 2.45) is 0 Å². The largest absolute Gasteiger partial charge is 0.457 e. The second kappa shape index (κ2) is 54.5. The Hall–Kier alpha value is -1.65. The lowest BCUT2D eigenvalue weighted by molar-refractivity contribution is -0.154. The summed E-state index contributed by atoms with van der Waals surface area (Å²) in [4.78, 5) is 12.3. The van der Waals surface area contributed by atoms with Crippen LogP contribution in [0, 0.1) is 0 Å². The fourth-order valence-corrected chi connectivity index (χ4v) is 8.04. The number of allylic oxidation sites excluding steroid dienone is 8. The standard InChI is InChI=1S/C57H106O4/c1-3-5-7-9-11-13-15-17-19-21-23-25-27-28-29-31-33-35-37-39-41-43-45-47-49-51-53-60-55-56(54-58)61-57(59)52-50-48-46-44-42-40-38-36-34-32-30-26-24-22-20-18-16-14-12-10-8-6-4-2/h15-18,21-24,56,58H,3-14,19-20,25-55H2,1-2H3/b17-15-,18-16-,23-21-,24-22-. The minimum atomic E-state index is -0.537. The van der Waals surface area contributed by atoms with Crippen LogP contribution in [0.1, 0.15) is 284 Å². The first-order chi connectivity index (χ1) is 30.2. The van der Waals surface area contributed by atoms with Gasteiger partial charge in [0.05, 0.1) is 13.2 Å². The molecule has 0 radical (unpaired) electrons. The monoisotopic (exact) mass is 855 g/mol. The summed E-state index contributed by atoms with van der Waals surface area (Å²) in [6, 6.07) is 0. The second-order valence-corrected chi connectivity index (χ2v) is 18.3. The number of esters is 1. The van der Waals surface area contributed by atoms with Gasteiger partial charge in [-0.3, -0.25) is 4.79 Å². The van der Waals surface area contributed by atoms with E-state index in [1.54, 1.807) is 0 Å². The number of rotatable bonds is 51. The van der Waals surface area contributed by atoms with Crippen LogP contribution in [0.4, 0.5) is 0 Å². The average molecular weight is 855 g/mol. The van der Waals surface area contributed by atoms with Gasteiger partial charge in [-0.15, -0.1) is 0 Å². The zero-order valence-corrected chi connectivity index (χ0v) is 41.2. The minimum absolute atomic E-state index is 0.171. The lowest BCUT2D eigenvalue weighted by atomic mass is 10.0. The smallest absolute Gasteiger partial charge is 0.306 e. The number of carbonyl (C=O) groups excluding carboxylic acids is 1. The molecule has 0 fully saturated rings. The number of carbonyl (C=O) groups is 1. The molecule has 0 bridgehead atoms. The second-order valence-electron chi connectivity index (χ2n) is 18.3. The van der Waals surface area contributed by atoms with Crippen molar-refractivity contribution in [1.82, 2.24) is 0 Å². The summed E-state index contributed by atoms with van der Waals surface area (Å²) in [7, 11) is 0. The molecule has 358 valence electrons. The Kier molecular flexibility index (Phi) is 53.0. The lowest BCUT2D eigenvalue weighted by Crippen LogP contribution is -2.27. The molecule has 0 aromatic heterocycles. The van der Waals surface area contributed by atoms with Crippen molar-refractivity contribution in [2.45, 2.75) is 290 Å². The Balaban J connectivity index is 3.39. The SMILES string of the molecule is CCCCCCC/C=C\C/C=C\CCCCCCCCCCCCCCCCOCC(CO)OC(=O)CCCCCCCCCCCCC/C=C\C/C=C\CCCCCCC. The van der Waals surface area contributed by atoms with Crippen LogP contribution in [-0.4, -0.2) is 37.0 Å². The van der Waals surface area contributed by atoms with E-state index in [1.165, 1.54) is 231 Å². The van der Waals surface area contributed by atoms with E-state index in [-0.39, 0.29) is 12.6 Å². The highest BCUT2D eigenvalue weighted by molar-refractivity contribution is 5.69. The van der Waals surface area contributed by atoms with E-state index in [4.69, 9.17) is 9.47 Å². The fraction of sp³-hybridized carbons (Fsp3) is 0.842. The van der Waals surface area contributed by atoms with E-state index < -0.39 is 6.10 Å². The van der Waals surface area contributed by atoms with Crippen LogP contribution >= 0.6 is 0 Å². The zero-order valence-electron chi connectivity index (χ0n) is 41.2. The molecule has 0 heterocycles. The summed E-state index contributed by atoms with van der Waals surface area (Å²) >= 11 is 0. The third-order valence-corrected chi connectivity index (χ3v) is 12.1. The van der Waals surface area contributed by atoms with Crippen LogP contribution in [0.3, 0.4) is 0 Å². The molecule has 0 rings (SSSR count). The summed E-state index contributed by atoms with van der Waals surface area (Å²) in [5, 5.41) is 9.67. The zero-order chi connectivity index (χ0) is 44.0. The summed E-state index contributed by atoms with van der Waals surface area (Å²) in [5.41, 5.74) is 0. The number of hydrogen-bond acceptors (Lipinski definition) is 4. The van der Waals surface area contributed by atoms with Crippen LogP contribution in [0.5, 0.6) is 0 Å². The third kappa shape index (κ3) is 52.6. The molecule has 0 aliphatic carbocycles. The molecule has 0 spiro atoms. The van der Waals surface area contributed by atoms with Gasteiger partial charge in [0.15, 0.2) is 0 Å². The topological polar surface area (TPSA) is 55.8 Å². The molecule has 0 aliphatic heterocycles. The van der Waals surface area contributed by atoms with Gasteiger partial charge in [-0.1, -0.05) is 249 Å². The molecule has 1 atom stereocenters. The first kappa shape index (κ1) is 59.4. The van der Waals surface area contributed by atoms with Gasteiger partial charge in [-0.05, 0) is 77.0 Å². The number of ether oxygens (including phenoxy) is 2. The quantitative estimate of drug-likeness (QED) is 0.0376. The van der Waals surface area contributed by atoms with E-state index in [9.17, 15) is 9.90 Å². The molecule has 4 nitrogen and oxygen atoms in total. The van der Waals surface area contributed by atoms with Crippen molar-refractivity contribution in [1.29, 1.82) is 0 Å². The van der Waals surface area contributed by atoms with E-state index in [2.05, 4.69) is 62.5 Å². The molecule has 4 heteroatoms. The Labute approximate surface area is 382 Å². The predicted octanol–water partition coefficient (Wildman–Crippen LogP) is 18.6. The third-order valence-electron chi connectivity index (χ3n) is 12.1. The number of aliphatic hydroxyl groups excluding tert-OH is 1. The molecule has 0 saturated carbocycles. The first-order valence-electron chi connectivity index (χ1n) is 27.2. The van der Waals surface area contributed by atoms with Crippen LogP contribution < -0.4 is 0 Å². The molecule has 0 aromatic rings. The molecular weight excluding hydrogens is 749 g/mol. The Morgan fingerprint density at radius 3 is 1.02 bits per heavy atom. The van der Waals surface area contributed by atoms with Gasteiger partial charge in [0.1, 0.15) is 6.10 Å². The van der Waals surface area contributed by atoms with Crippen molar-refractivity contribution in [3.8, 4) is 0 Å². The Bertz CT molecular complexity index is 951. The van der Waals surface area contributed by atoms with Gasteiger partial charge in [-0.25, -0.2) is 0 Å². The van der Waals surface area contributed by atoms with Crippen molar-refractivity contribution in [2.75, 3.05) is 19.8 Å². The van der Waals surface area contributed by atoms with Crippen molar-refractivity contribution in [3.63, 3.8) is 0 Å². The lowest BCUT2D eigenvalue weighted by Gasteiger charge is -2.16. The van der Waals surface area contributed by atoms with Crippen LogP contribution in [0.25, 0.3) is 0 Å². The molecule has 0 aromatic carbocycles. The van der Waals surface area contributed by atoms with Gasteiger partial charge < -0.3 is 14.6 Å². The summed E-state index contributed by atoms with van der Waals surface area (Å²) < 4.78 is 11.2. The first-order valence-corrected chi connectivity index (χ1v) is 27.2. The minimum Gasteiger partial charge on any atom is -0.457 e. The fourth-order valence-electron chi connectivity index (χ4n) is 8.04. The summed E-state index contributed by atoms with van der Waals surface area (Å²) in [6.07, 6.45) is 72.1. The number of unbranched alkanes of at least 4 members (excludes halogenated alkanes) is 35. The molecular formula is C57H106O4. The molecule has 0 amide bonds. The molecule has 0 aliphatic rings. The molecule has 0 saturated heterocycles. The van der Waals surface area contributed by atoms with Gasteiger partial charge >= 0.3 is 5.97 Å². The predicted molar refractivity (Wildman–Crippen MR) is 270 cm³/mol. The van der Waals surface area contributed by atoms with Gasteiger partial charge in [0, 0.05) is 13.0 Å². The van der Waals surface area contributed by atoms with Crippen LogP contribution in [0.15, 0.2) is 48.6 Å². The van der Waals surface area contributed by atoms with Gasteiger partial charge in [-0.2, -0.15) is 0 Å². The van der Waals surface area contributed by atoms with Gasteiger partial charge in [0.25, 0.3) is 0 Å². The maximum atomic E-state index is 12.3. The highest BCUT2D eigenvalue weighted by Gasteiger charge is 2.13. The highest BCUT2D eigenvalue weighted by atomic mass is 16.6. The maximum Gasteiger partial charge on any atom is 0.306 e. The van der Waals surface area contributed by atoms with E-state index in [0.717, 1.165) is 32.1 Å². The Morgan fingerprint density at radius 2 is 0.689 bits per heavy atom. The van der Waals surface area contributed by atoms with E-state index in [0.29, 0.717) is 19.6 Å². The summed E-state index contributed by atoms with van der Waals surface area (Å²) in [6.45, 7) is 5.36. The van der Waals surface area contributed by atoms with Gasteiger partial charge in [0.2, 0.25) is 0 Å².